The SMILES string of the molecule is COc1cc(CC(O)c2ccc3c(c2)C=CC(C)(C)O3)cc(OC)c1OCc1ccccc1. The van der Waals surface area contributed by atoms with Gasteiger partial charge in [-0.25, -0.2) is 0 Å². The van der Waals surface area contributed by atoms with Gasteiger partial charge in [-0.05, 0) is 60.9 Å². The topological polar surface area (TPSA) is 57.2 Å². The van der Waals surface area contributed by atoms with Gasteiger partial charge in [0.05, 0.1) is 20.3 Å². The quantitative estimate of drug-likeness (QED) is 0.478. The maximum absolute atomic E-state index is 10.9. The van der Waals surface area contributed by atoms with Crippen LogP contribution < -0.4 is 18.9 Å². The fourth-order valence-electron chi connectivity index (χ4n) is 3.87. The van der Waals surface area contributed by atoms with Crippen molar-refractivity contribution in [3.05, 3.63) is 89.0 Å². The molecule has 1 aliphatic heterocycles. The summed E-state index contributed by atoms with van der Waals surface area (Å²) >= 11 is 0. The van der Waals surface area contributed by atoms with E-state index >= 15 is 0 Å². The van der Waals surface area contributed by atoms with Crippen molar-refractivity contribution in [2.75, 3.05) is 14.2 Å². The summed E-state index contributed by atoms with van der Waals surface area (Å²) in [5.41, 5.74) is 3.39. The smallest absolute Gasteiger partial charge is 0.203 e. The lowest BCUT2D eigenvalue weighted by molar-refractivity contribution is 0.158. The van der Waals surface area contributed by atoms with Crippen LogP contribution in [0.25, 0.3) is 6.08 Å². The molecule has 0 fully saturated rings. The molecule has 0 aliphatic carbocycles. The average molecular weight is 447 g/mol. The van der Waals surface area contributed by atoms with Gasteiger partial charge in [-0.15, -0.1) is 0 Å². The molecule has 172 valence electrons. The molecule has 1 atom stereocenters. The second-order valence-corrected chi connectivity index (χ2v) is 8.66. The second-order valence-electron chi connectivity index (χ2n) is 8.66. The molecular formula is C28H30O5. The van der Waals surface area contributed by atoms with Crippen LogP contribution in [0.15, 0.2) is 66.7 Å². The van der Waals surface area contributed by atoms with Crippen LogP contribution in [0.1, 0.15) is 42.2 Å². The van der Waals surface area contributed by atoms with Crippen LogP contribution in [-0.2, 0) is 13.0 Å². The summed E-state index contributed by atoms with van der Waals surface area (Å²) in [6, 6.07) is 19.5. The third kappa shape index (κ3) is 5.32. The first kappa shape index (κ1) is 22.7. The van der Waals surface area contributed by atoms with Crippen LogP contribution in [0.4, 0.5) is 0 Å². The van der Waals surface area contributed by atoms with Gasteiger partial charge in [-0.2, -0.15) is 0 Å². The predicted octanol–water partition coefficient (Wildman–Crippen LogP) is 5.74. The zero-order valence-electron chi connectivity index (χ0n) is 19.5. The molecule has 0 radical (unpaired) electrons. The number of benzene rings is 3. The van der Waals surface area contributed by atoms with E-state index in [9.17, 15) is 5.11 Å². The van der Waals surface area contributed by atoms with Crippen LogP contribution in [0.5, 0.6) is 23.0 Å². The first-order valence-electron chi connectivity index (χ1n) is 11.0. The van der Waals surface area contributed by atoms with Crippen LogP contribution in [0.2, 0.25) is 0 Å². The second kappa shape index (κ2) is 9.59. The Balaban J connectivity index is 1.53. The number of methoxy groups -OCH3 is 2. The van der Waals surface area contributed by atoms with Crippen LogP contribution in [0.3, 0.4) is 0 Å². The Morgan fingerprint density at radius 3 is 2.27 bits per heavy atom. The Hall–Kier alpha value is -3.44. The molecule has 4 rings (SSSR count). The molecule has 3 aromatic rings. The number of hydrogen-bond donors (Lipinski definition) is 1. The molecule has 0 bridgehead atoms. The molecule has 0 aromatic heterocycles. The Labute approximate surface area is 195 Å². The molecule has 1 aliphatic rings. The van der Waals surface area contributed by atoms with Crippen molar-refractivity contribution in [3.8, 4) is 23.0 Å². The maximum Gasteiger partial charge on any atom is 0.203 e. The molecule has 5 nitrogen and oxygen atoms in total. The summed E-state index contributed by atoms with van der Waals surface area (Å²) in [4.78, 5) is 0. The lowest BCUT2D eigenvalue weighted by Crippen LogP contribution is -2.27. The standard InChI is InChI=1S/C28H30O5/c1-28(2)13-12-22-17-21(10-11-24(22)33-28)23(29)14-20-15-25(30-3)27(26(16-20)31-4)32-18-19-8-6-5-7-9-19/h5-13,15-17,23,29H,14,18H2,1-4H3. The van der Waals surface area contributed by atoms with Gasteiger partial charge >= 0.3 is 0 Å². The molecular weight excluding hydrogens is 416 g/mol. The van der Waals surface area contributed by atoms with Gasteiger partial charge in [0, 0.05) is 12.0 Å². The normalized spacial score (nSPS) is 14.7. The number of ether oxygens (including phenoxy) is 4. The van der Waals surface area contributed by atoms with E-state index in [1.165, 1.54) is 0 Å². The molecule has 1 unspecified atom stereocenters. The first-order valence-corrected chi connectivity index (χ1v) is 11.0. The van der Waals surface area contributed by atoms with Gasteiger partial charge in [0.25, 0.3) is 0 Å². The molecule has 1 heterocycles. The Bertz CT molecular complexity index is 1110. The zero-order chi connectivity index (χ0) is 23.4. The molecule has 0 spiro atoms. The minimum absolute atomic E-state index is 0.329. The number of hydrogen-bond acceptors (Lipinski definition) is 5. The van der Waals surface area contributed by atoms with E-state index in [0.29, 0.717) is 30.3 Å². The fraction of sp³-hybridized carbons (Fsp3) is 0.286. The average Bonchev–Trinajstić information content (AvgIpc) is 2.82. The molecule has 3 aromatic carbocycles. The van der Waals surface area contributed by atoms with Gasteiger partial charge in [-0.1, -0.05) is 42.5 Å². The molecule has 5 heteroatoms. The minimum Gasteiger partial charge on any atom is -0.493 e. The lowest BCUT2D eigenvalue weighted by Gasteiger charge is -2.28. The maximum atomic E-state index is 10.9. The van der Waals surface area contributed by atoms with Crippen molar-refractivity contribution in [1.29, 1.82) is 0 Å². The number of aliphatic hydroxyl groups is 1. The summed E-state index contributed by atoms with van der Waals surface area (Å²) < 4.78 is 23.2. The number of rotatable bonds is 8. The Morgan fingerprint density at radius 1 is 0.909 bits per heavy atom. The highest BCUT2D eigenvalue weighted by atomic mass is 16.5. The highest BCUT2D eigenvalue weighted by Gasteiger charge is 2.23. The van der Waals surface area contributed by atoms with Crippen molar-refractivity contribution in [2.24, 2.45) is 0 Å². The van der Waals surface area contributed by atoms with E-state index in [1.807, 2.05) is 86.7 Å². The predicted molar refractivity (Wildman–Crippen MR) is 129 cm³/mol. The lowest BCUT2D eigenvalue weighted by atomic mass is 9.96. The van der Waals surface area contributed by atoms with Crippen LogP contribution in [-0.4, -0.2) is 24.9 Å². The van der Waals surface area contributed by atoms with Crippen molar-refractivity contribution in [3.63, 3.8) is 0 Å². The van der Waals surface area contributed by atoms with Gasteiger partial charge in [0.2, 0.25) is 5.75 Å². The largest absolute Gasteiger partial charge is 0.493 e. The van der Waals surface area contributed by atoms with Gasteiger partial charge < -0.3 is 24.1 Å². The van der Waals surface area contributed by atoms with E-state index in [4.69, 9.17) is 18.9 Å². The summed E-state index contributed by atoms with van der Waals surface area (Å²) in [7, 11) is 3.20. The minimum atomic E-state index is -0.691. The molecule has 1 N–H and O–H groups in total. The molecule has 0 amide bonds. The highest BCUT2D eigenvalue weighted by Crippen LogP contribution is 2.40. The third-order valence-electron chi connectivity index (χ3n) is 5.63. The molecule has 33 heavy (non-hydrogen) atoms. The summed E-state index contributed by atoms with van der Waals surface area (Å²) in [5, 5.41) is 10.9. The van der Waals surface area contributed by atoms with Crippen LogP contribution in [0, 0.1) is 0 Å². The van der Waals surface area contributed by atoms with E-state index < -0.39 is 6.10 Å². The van der Waals surface area contributed by atoms with Crippen molar-refractivity contribution in [1.82, 2.24) is 0 Å². The summed E-state index contributed by atoms with van der Waals surface area (Å²) in [6.07, 6.45) is 3.78. The highest BCUT2D eigenvalue weighted by molar-refractivity contribution is 5.62. The fourth-order valence-corrected chi connectivity index (χ4v) is 3.87. The summed E-state index contributed by atoms with van der Waals surface area (Å²) in [6.45, 7) is 4.43. The first-order chi connectivity index (χ1) is 15.9. The van der Waals surface area contributed by atoms with Crippen molar-refractivity contribution >= 4 is 6.08 Å². The monoisotopic (exact) mass is 446 g/mol. The number of aliphatic hydroxyl groups excluding tert-OH is 1. The Kier molecular flexibility index (Phi) is 6.61. The molecule has 0 saturated heterocycles. The number of fused-ring (bicyclic) bond motifs is 1. The third-order valence-corrected chi connectivity index (χ3v) is 5.63. The van der Waals surface area contributed by atoms with Crippen molar-refractivity contribution < 1.29 is 24.1 Å². The summed E-state index contributed by atoms with van der Waals surface area (Å²) in [5.74, 6) is 2.50. The van der Waals surface area contributed by atoms with E-state index in [-0.39, 0.29) is 5.60 Å². The Morgan fingerprint density at radius 2 is 1.61 bits per heavy atom. The molecule has 0 saturated carbocycles. The van der Waals surface area contributed by atoms with Gasteiger partial charge in [-0.3, -0.25) is 0 Å². The van der Waals surface area contributed by atoms with E-state index in [0.717, 1.165) is 28.0 Å². The van der Waals surface area contributed by atoms with E-state index in [2.05, 4.69) is 0 Å². The van der Waals surface area contributed by atoms with Crippen LogP contribution >= 0.6 is 0 Å². The zero-order valence-corrected chi connectivity index (χ0v) is 19.5. The van der Waals surface area contributed by atoms with E-state index in [1.54, 1.807) is 14.2 Å². The van der Waals surface area contributed by atoms with Crippen molar-refractivity contribution in [2.45, 2.75) is 38.6 Å². The van der Waals surface area contributed by atoms with Gasteiger partial charge in [0.15, 0.2) is 11.5 Å². The van der Waals surface area contributed by atoms with Gasteiger partial charge in [0.1, 0.15) is 18.0 Å².